The number of fused-ring (bicyclic) bond motifs is 2. The highest BCUT2D eigenvalue weighted by molar-refractivity contribution is 4.97. The zero-order chi connectivity index (χ0) is 17.3. The molecule has 5 fully saturated rings. The van der Waals surface area contributed by atoms with Gasteiger partial charge in [0.1, 0.15) is 0 Å². The highest BCUT2D eigenvalue weighted by Gasteiger charge is 2.47. The summed E-state index contributed by atoms with van der Waals surface area (Å²) in [5, 5.41) is 0. The summed E-state index contributed by atoms with van der Waals surface area (Å²) in [5.41, 5.74) is 0. The van der Waals surface area contributed by atoms with Gasteiger partial charge in [-0.05, 0) is 73.0 Å². The minimum atomic E-state index is 1.13. The van der Waals surface area contributed by atoms with Gasteiger partial charge in [0.2, 0.25) is 0 Å². The predicted molar refractivity (Wildman–Crippen MR) is 111 cm³/mol. The smallest absolute Gasteiger partial charge is 0.0352 e. The van der Waals surface area contributed by atoms with E-state index in [0.29, 0.717) is 0 Å². The molecule has 0 saturated heterocycles. The van der Waals surface area contributed by atoms with Crippen LogP contribution in [0, 0.1) is 47.3 Å². The lowest BCUT2D eigenvalue weighted by atomic mass is 9.52. The van der Waals surface area contributed by atoms with Crippen LogP contribution in [0.2, 0.25) is 0 Å². The Morgan fingerprint density at radius 2 is 0.615 bits per heavy atom. The lowest BCUT2D eigenvalue weighted by Crippen LogP contribution is -2.44. The summed E-state index contributed by atoms with van der Waals surface area (Å²) >= 11 is 0. The Hall–Kier alpha value is 0. The minimum absolute atomic E-state index is 1.13. The van der Waals surface area contributed by atoms with Crippen LogP contribution in [0.5, 0.6) is 0 Å². The molecule has 0 aromatic rings. The van der Waals surface area contributed by atoms with Crippen LogP contribution in [0.4, 0.5) is 0 Å². The third-order valence-corrected chi connectivity index (χ3v) is 10.2. The van der Waals surface area contributed by atoms with Crippen LogP contribution in [-0.4, -0.2) is 0 Å². The Balaban J connectivity index is 1.33. The van der Waals surface area contributed by atoms with Crippen molar-refractivity contribution in [1.29, 1.82) is 0 Å². The Bertz CT molecular complexity index is 399. The molecule has 6 unspecified atom stereocenters. The van der Waals surface area contributed by atoms with E-state index in [9.17, 15) is 0 Å². The van der Waals surface area contributed by atoms with Crippen LogP contribution >= 0.6 is 0 Å². The summed E-state index contributed by atoms with van der Waals surface area (Å²) in [6, 6.07) is 0. The van der Waals surface area contributed by atoms with E-state index in [1.165, 1.54) is 12.8 Å². The zero-order valence-electron chi connectivity index (χ0n) is 17.3. The minimum Gasteiger partial charge on any atom is -0.0533 e. The summed E-state index contributed by atoms with van der Waals surface area (Å²) in [4.78, 5) is 0. The van der Waals surface area contributed by atoms with Crippen LogP contribution in [0.25, 0.3) is 0 Å². The highest BCUT2D eigenvalue weighted by atomic mass is 14.5. The van der Waals surface area contributed by atoms with Crippen molar-refractivity contribution in [2.45, 2.75) is 116 Å². The van der Waals surface area contributed by atoms with E-state index in [1.54, 1.807) is 103 Å². The standard InChI is InChI=1S/C26H44/c1-3-9-19(10-4-1)25-17-23-15-21-13-7-8-14-22(21)16-24(23)18-26(25)20-11-5-2-6-12-20/h19-26H,1-18H2. The van der Waals surface area contributed by atoms with Crippen molar-refractivity contribution in [1.82, 2.24) is 0 Å². The van der Waals surface area contributed by atoms with E-state index < -0.39 is 0 Å². The summed E-state index contributed by atoms with van der Waals surface area (Å²) in [5.74, 6) is 9.09. The van der Waals surface area contributed by atoms with E-state index in [2.05, 4.69) is 0 Å². The van der Waals surface area contributed by atoms with Gasteiger partial charge in [0.05, 0.1) is 0 Å². The third kappa shape index (κ3) is 3.65. The Labute approximate surface area is 163 Å². The van der Waals surface area contributed by atoms with E-state index in [1.807, 2.05) is 0 Å². The van der Waals surface area contributed by atoms with Crippen molar-refractivity contribution in [3.05, 3.63) is 0 Å². The van der Waals surface area contributed by atoms with Gasteiger partial charge in [-0.15, -0.1) is 0 Å². The normalized spacial score (nSPS) is 45.7. The Morgan fingerprint density at radius 1 is 0.269 bits per heavy atom. The van der Waals surface area contributed by atoms with Crippen molar-refractivity contribution < 1.29 is 0 Å². The maximum absolute atomic E-state index is 1.67. The molecule has 0 nitrogen and oxygen atoms in total. The van der Waals surface area contributed by atoms with Crippen molar-refractivity contribution in [3.63, 3.8) is 0 Å². The number of hydrogen-bond acceptors (Lipinski definition) is 0. The molecular formula is C26H44. The topological polar surface area (TPSA) is 0 Å². The molecule has 0 aromatic heterocycles. The molecule has 0 spiro atoms. The van der Waals surface area contributed by atoms with Crippen LogP contribution in [-0.2, 0) is 0 Å². The summed E-state index contributed by atoms with van der Waals surface area (Å²) in [6.45, 7) is 0. The predicted octanol–water partition coefficient (Wildman–Crippen LogP) is 8.01. The van der Waals surface area contributed by atoms with Crippen molar-refractivity contribution in [3.8, 4) is 0 Å². The monoisotopic (exact) mass is 356 g/mol. The van der Waals surface area contributed by atoms with Gasteiger partial charge >= 0.3 is 0 Å². The van der Waals surface area contributed by atoms with Crippen LogP contribution in [0.3, 0.4) is 0 Å². The van der Waals surface area contributed by atoms with Crippen LogP contribution < -0.4 is 0 Å². The maximum Gasteiger partial charge on any atom is -0.0352 e. The molecule has 0 bridgehead atoms. The van der Waals surface area contributed by atoms with Gasteiger partial charge < -0.3 is 0 Å². The van der Waals surface area contributed by atoms with Crippen LogP contribution in [0.1, 0.15) is 116 Å². The summed E-state index contributed by atoms with van der Waals surface area (Å²) < 4.78 is 0. The molecular weight excluding hydrogens is 312 g/mol. The summed E-state index contributed by atoms with van der Waals surface area (Å²) in [6.07, 6.45) is 28.6. The molecule has 0 heteroatoms. The molecule has 0 heterocycles. The lowest BCUT2D eigenvalue weighted by Gasteiger charge is -2.53. The molecule has 0 N–H and O–H groups in total. The second-order valence-corrected chi connectivity index (χ2v) is 11.4. The average molecular weight is 357 g/mol. The van der Waals surface area contributed by atoms with Gasteiger partial charge in [0.15, 0.2) is 0 Å². The van der Waals surface area contributed by atoms with E-state index in [0.717, 1.165) is 47.3 Å². The van der Waals surface area contributed by atoms with Gasteiger partial charge in [-0.25, -0.2) is 0 Å². The second-order valence-electron chi connectivity index (χ2n) is 11.4. The van der Waals surface area contributed by atoms with Gasteiger partial charge in [-0.1, -0.05) is 89.9 Å². The fraction of sp³-hybridized carbons (Fsp3) is 1.00. The summed E-state index contributed by atoms with van der Waals surface area (Å²) in [7, 11) is 0. The van der Waals surface area contributed by atoms with Gasteiger partial charge in [0.25, 0.3) is 0 Å². The lowest BCUT2D eigenvalue weighted by molar-refractivity contribution is -0.0353. The molecule has 148 valence electrons. The average Bonchev–Trinajstić information content (AvgIpc) is 2.72. The van der Waals surface area contributed by atoms with Crippen molar-refractivity contribution in [2.75, 3.05) is 0 Å². The van der Waals surface area contributed by atoms with Crippen molar-refractivity contribution >= 4 is 0 Å². The quantitative estimate of drug-likeness (QED) is 0.470. The first-order chi connectivity index (χ1) is 12.9. The Kier molecular flexibility index (Phi) is 5.67. The molecule has 6 atom stereocenters. The molecule has 5 rings (SSSR count). The van der Waals surface area contributed by atoms with Gasteiger partial charge in [-0.3, -0.25) is 0 Å². The fourth-order valence-electron chi connectivity index (χ4n) is 8.90. The first-order valence-corrected chi connectivity index (χ1v) is 12.9. The van der Waals surface area contributed by atoms with E-state index in [-0.39, 0.29) is 0 Å². The zero-order valence-corrected chi connectivity index (χ0v) is 17.3. The molecule has 26 heavy (non-hydrogen) atoms. The molecule has 5 aliphatic rings. The first kappa shape index (κ1) is 18.1. The largest absolute Gasteiger partial charge is 0.0533 e. The molecule has 5 aliphatic carbocycles. The molecule has 0 radical (unpaired) electrons. The third-order valence-electron chi connectivity index (χ3n) is 10.2. The molecule has 0 amide bonds. The van der Waals surface area contributed by atoms with E-state index in [4.69, 9.17) is 0 Å². The number of hydrogen-bond donors (Lipinski definition) is 0. The van der Waals surface area contributed by atoms with Crippen molar-refractivity contribution in [2.24, 2.45) is 47.3 Å². The molecule has 0 aliphatic heterocycles. The van der Waals surface area contributed by atoms with Crippen LogP contribution in [0.15, 0.2) is 0 Å². The molecule has 0 aromatic carbocycles. The SMILES string of the molecule is C1CCC(C2CC3CC4CCCCC4CC3CC2C2CCCCC2)CC1. The first-order valence-electron chi connectivity index (χ1n) is 12.9. The Morgan fingerprint density at radius 3 is 1.04 bits per heavy atom. The van der Waals surface area contributed by atoms with E-state index >= 15 is 0 Å². The maximum atomic E-state index is 1.67. The second kappa shape index (κ2) is 8.16. The number of rotatable bonds is 2. The molecule has 5 saturated carbocycles. The van der Waals surface area contributed by atoms with Gasteiger partial charge in [-0.2, -0.15) is 0 Å². The highest BCUT2D eigenvalue weighted by Crippen LogP contribution is 2.57. The van der Waals surface area contributed by atoms with Gasteiger partial charge in [0, 0.05) is 0 Å². The fourth-order valence-corrected chi connectivity index (χ4v) is 8.90.